The molecule has 0 unspecified atom stereocenters. The van der Waals surface area contributed by atoms with Crippen LogP contribution in [0.1, 0.15) is 18.4 Å². The summed E-state index contributed by atoms with van der Waals surface area (Å²) in [6.07, 6.45) is -2.30. The van der Waals surface area contributed by atoms with Crippen LogP contribution in [0.3, 0.4) is 0 Å². The minimum absolute atomic E-state index is 0.0844. The third-order valence-electron chi connectivity index (χ3n) is 5.97. The number of pyridine rings is 1. The first kappa shape index (κ1) is 21.9. The fourth-order valence-electron chi connectivity index (χ4n) is 4.23. The SMILES string of the molecule is N#Cc1ccc(-c2[nH]c(N3CCC(N)CC3)cc(=O)c2-c2ccc3c(c2)OC(F)(F)O3)cc1F. The molecule has 0 amide bonds. The zero-order valence-electron chi connectivity index (χ0n) is 17.8. The first-order chi connectivity index (χ1) is 16.2. The number of nitrogens with zero attached hydrogens (tertiary/aromatic N) is 2. The molecule has 0 spiro atoms. The molecular formula is C24H19F3N4O3. The molecule has 1 fully saturated rings. The Morgan fingerprint density at radius 2 is 1.76 bits per heavy atom. The maximum absolute atomic E-state index is 14.5. The number of hydrogen-bond donors (Lipinski definition) is 2. The molecule has 5 rings (SSSR count). The average molecular weight is 468 g/mol. The number of aromatic nitrogens is 1. The van der Waals surface area contributed by atoms with Gasteiger partial charge in [-0.2, -0.15) is 5.26 Å². The number of fused-ring (bicyclic) bond motifs is 1. The molecule has 0 atom stereocenters. The Bertz CT molecular complexity index is 1370. The van der Waals surface area contributed by atoms with Crippen LogP contribution >= 0.6 is 0 Å². The van der Waals surface area contributed by atoms with E-state index in [4.69, 9.17) is 11.0 Å². The second-order valence-electron chi connectivity index (χ2n) is 8.23. The van der Waals surface area contributed by atoms with Gasteiger partial charge in [-0.25, -0.2) is 4.39 Å². The minimum Gasteiger partial charge on any atom is -0.395 e. The Morgan fingerprint density at radius 3 is 2.47 bits per heavy atom. The van der Waals surface area contributed by atoms with Gasteiger partial charge >= 0.3 is 6.29 Å². The van der Waals surface area contributed by atoms with Crippen molar-refractivity contribution in [2.75, 3.05) is 18.0 Å². The van der Waals surface area contributed by atoms with Crippen molar-refractivity contribution in [1.82, 2.24) is 4.98 Å². The predicted octanol–water partition coefficient (Wildman–Crippen LogP) is 3.97. The van der Waals surface area contributed by atoms with Gasteiger partial charge in [-0.05, 0) is 42.7 Å². The van der Waals surface area contributed by atoms with E-state index in [1.165, 1.54) is 36.4 Å². The van der Waals surface area contributed by atoms with Crippen LogP contribution in [0, 0.1) is 17.1 Å². The lowest BCUT2D eigenvalue weighted by atomic mass is 9.97. The molecule has 7 nitrogen and oxygen atoms in total. The summed E-state index contributed by atoms with van der Waals surface area (Å²) in [5.41, 5.74) is 6.49. The number of nitrogens with two attached hydrogens (primary N) is 1. The number of piperidine rings is 1. The van der Waals surface area contributed by atoms with Crippen LogP contribution in [0.25, 0.3) is 22.4 Å². The van der Waals surface area contributed by atoms with Crippen LogP contribution in [0.4, 0.5) is 19.0 Å². The molecule has 2 aliphatic rings. The van der Waals surface area contributed by atoms with E-state index in [-0.39, 0.29) is 39.9 Å². The largest absolute Gasteiger partial charge is 0.586 e. The van der Waals surface area contributed by atoms with E-state index >= 15 is 0 Å². The Balaban J connectivity index is 1.67. The average Bonchev–Trinajstić information content (AvgIpc) is 3.12. The van der Waals surface area contributed by atoms with E-state index in [1.807, 2.05) is 4.90 Å². The number of aromatic amines is 1. The predicted molar refractivity (Wildman–Crippen MR) is 118 cm³/mol. The van der Waals surface area contributed by atoms with Crippen molar-refractivity contribution in [1.29, 1.82) is 5.26 Å². The number of rotatable bonds is 3. The van der Waals surface area contributed by atoms with Crippen LogP contribution in [0.15, 0.2) is 47.3 Å². The van der Waals surface area contributed by atoms with Crippen molar-refractivity contribution in [3.63, 3.8) is 0 Å². The normalized spacial score (nSPS) is 17.0. The maximum atomic E-state index is 14.5. The van der Waals surface area contributed by atoms with Crippen LogP contribution in [-0.4, -0.2) is 30.4 Å². The fourth-order valence-corrected chi connectivity index (χ4v) is 4.23. The monoisotopic (exact) mass is 468 g/mol. The number of H-pyrrole nitrogens is 1. The summed E-state index contributed by atoms with van der Waals surface area (Å²) in [5.74, 6) is -0.579. The molecule has 3 N–H and O–H groups in total. The van der Waals surface area contributed by atoms with Gasteiger partial charge in [-0.15, -0.1) is 8.78 Å². The second kappa shape index (κ2) is 8.11. The van der Waals surface area contributed by atoms with Crippen LogP contribution in [0.5, 0.6) is 11.5 Å². The van der Waals surface area contributed by atoms with Gasteiger partial charge in [-0.3, -0.25) is 4.79 Å². The number of hydrogen-bond acceptors (Lipinski definition) is 6. The van der Waals surface area contributed by atoms with E-state index in [2.05, 4.69) is 14.5 Å². The highest BCUT2D eigenvalue weighted by atomic mass is 19.3. The quantitative estimate of drug-likeness (QED) is 0.603. The van der Waals surface area contributed by atoms with Gasteiger partial charge in [-0.1, -0.05) is 12.1 Å². The zero-order chi connectivity index (χ0) is 24.0. The van der Waals surface area contributed by atoms with E-state index in [1.54, 1.807) is 6.07 Å². The Hall–Kier alpha value is -3.97. The highest BCUT2D eigenvalue weighted by Crippen LogP contribution is 2.43. The number of ether oxygens (including phenoxy) is 2. The summed E-state index contributed by atoms with van der Waals surface area (Å²) >= 11 is 0. The van der Waals surface area contributed by atoms with E-state index in [9.17, 15) is 18.0 Å². The van der Waals surface area contributed by atoms with Crippen LogP contribution in [0.2, 0.25) is 0 Å². The topological polar surface area (TPSA) is 104 Å². The minimum atomic E-state index is -3.80. The first-order valence-electron chi connectivity index (χ1n) is 10.6. The third-order valence-corrected chi connectivity index (χ3v) is 5.97. The molecule has 0 radical (unpaired) electrons. The molecule has 0 aliphatic carbocycles. The fraction of sp³-hybridized carbons (Fsp3) is 0.250. The van der Waals surface area contributed by atoms with Crippen molar-refractivity contribution in [2.24, 2.45) is 5.73 Å². The molecule has 3 heterocycles. The van der Waals surface area contributed by atoms with E-state index in [0.29, 0.717) is 24.5 Å². The Labute approximate surface area is 192 Å². The number of alkyl halides is 2. The Morgan fingerprint density at radius 1 is 1.06 bits per heavy atom. The van der Waals surface area contributed by atoms with Gasteiger partial charge in [0.25, 0.3) is 0 Å². The van der Waals surface area contributed by atoms with Gasteiger partial charge in [0.15, 0.2) is 16.9 Å². The van der Waals surface area contributed by atoms with Crippen LogP contribution < -0.4 is 25.5 Å². The molecule has 10 heteroatoms. The van der Waals surface area contributed by atoms with Crippen molar-refractivity contribution in [3.8, 4) is 40.0 Å². The lowest BCUT2D eigenvalue weighted by molar-refractivity contribution is -0.286. The summed E-state index contributed by atoms with van der Waals surface area (Å²) in [4.78, 5) is 18.5. The summed E-state index contributed by atoms with van der Waals surface area (Å²) in [6, 6.07) is 11.3. The highest BCUT2D eigenvalue weighted by Gasteiger charge is 2.43. The summed E-state index contributed by atoms with van der Waals surface area (Å²) in [5, 5.41) is 9.07. The van der Waals surface area contributed by atoms with Crippen molar-refractivity contribution in [2.45, 2.75) is 25.2 Å². The van der Waals surface area contributed by atoms with E-state index in [0.717, 1.165) is 18.9 Å². The number of nitrogens with one attached hydrogen (secondary N) is 1. The molecule has 2 aromatic carbocycles. The number of nitriles is 1. The molecule has 1 saturated heterocycles. The van der Waals surface area contributed by atoms with Crippen LogP contribution in [-0.2, 0) is 0 Å². The maximum Gasteiger partial charge on any atom is 0.586 e. The molecule has 0 bridgehead atoms. The number of benzene rings is 2. The third kappa shape index (κ3) is 3.95. The number of anilines is 1. The zero-order valence-corrected chi connectivity index (χ0v) is 17.8. The molecule has 1 aromatic heterocycles. The van der Waals surface area contributed by atoms with Crippen molar-refractivity contribution < 1.29 is 22.6 Å². The molecule has 0 saturated carbocycles. The summed E-state index contributed by atoms with van der Waals surface area (Å²) in [6.45, 7) is 1.27. The Kier molecular flexibility index (Phi) is 5.21. The molecule has 174 valence electrons. The summed E-state index contributed by atoms with van der Waals surface area (Å²) in [7, 11) is 0. The van der Waals surface area contributed by atoms with Gasteiger partial charge < -0.3 is 25.1 Å². The molecule has 3 aromatic rings. The standard InChI is InChI=1S/C24H19F3N4O3/c25-17-9-14(1-2-15(17)12-28)23-22(13-3-4-19-20(10-13)34-24(26,27)33-19)18(32)11-21(30-23)31-7-5-16(29)6-8-31/h1-4,9-11,16H,5-8,29H2,(H,30,32). The molecular weight excluding hydrogens is 449 g/mol. The smallest absolute Gasteiger partial charge is 0.395 e. The van der Waals surface area contributed by atoms with E-state index < -0.39 is 17.5 Å². The molecule has 34 heavy (non-hydrogen) atoms. The lowest BCUT2D eigenvalue weighted by Gasteiger charge is -2.32. The van der Waals surface area contributed by atoms with Gasteiger partial charge in [0.05, 0.1) is 16.8 Å². The molecule has 2 aliphatic heterocycles. The van der Waals surface area contributed by atoms with Gasteiger partial charge in [0.2, 0.25) is 0 Å². The summed E-state index contributed by atoms with van der Waals surface area (Å²) < 4.78 is 50.5. The second-order valence-corrected chi connectivity index (χ2v) is 8.23. The lowest BCUT2D eigenvalue weighted by Crippen LogP contribution is -2.40. The first-order valence-corrected chi connectivity index (χ1v) is 10.6. The van der Waals surface area contributed by atoms with Crippen molar-refractivity contribution >= 4 is 5.82 Å². The van der Waals surface area contributed by atoms with Gasteiger partial charge in [0.1, 0.15) is 17.7 Å². The number of halogens is 3. The van der Waals surface area contributed by atoms with Gasteiger partial charge in [0, 0.05) is 30.8 Å². The van der Waals surface area contributed by atoms with Crippen molar-refractivity contribution in [3.05, 3.63) is 64.1 Å². The highest BCUT2D eigenvalue weighted by molar-refractivity contribution is 5.83.